The molecule has 0 radical (unpaired) electrons. The molecule has 1 atom stereocenters. The molecule has 0 aromatic heterocycles. The van der Waals surface area contributed by atoms with Crippen molar-refractivity contribution >= 4 is 17.9 Å². The second-order valence-electron chi connectivity index (χ2n) is 18.8. The number of allylic oxidation sites excluding steroid dienone is 18. The molecule has 0 N–H and O–H groups in total. The van der Waals surface area contributed by atoms with Crippen LogP contribution in [0.15, 0.2) is 109 Å². The van der Waals surface area contributed by atoms with Gasteiger partial charge in [-0.3, -0.25) is 14.4 Å². The highest BCUT2D eigenvalue weighted by molar-refractivity contribution is 5.71. The van der Waals surface area contributed by atoms with E-state index < -0.39 is 6.10 Å². The third kappa shape index (κ3) is 55.0. The fourth-order valence-electron chi connectivity index (χ4n) is 7.69. The van der Waals surface area contributed by atoms with Crippen molar-refractivity contribution in [3.8, 4) is 0 Å². The molecular weight excluding hydrogens is 865 g/mol. The normalized spacial score (nSPS) is 12.9. The van der Waals surface area contributed by atoms with Crippen molar-refractivity contribution in [2.45, 2.75) is 264 Å². The Morgan fingerprint density at radius 2 is 0.629 bits per heavy atom. The Morgan fingerprint density at radius 1 is 0.314 bits per heavy atom. The van der Waals surface area contributed by atoms with Gasteiger partial charge in [-0.2, -0.15) is 0 Å². The lowest BCUT2D eigenvalue weighted by Crippen LogP contribution is -2.30. The molecule has 0 saturated carbocycles. The van der Waals surface area contributed by atoms with Crippen LogP contribution in [-0.4, -0.2) is 37.2 Å². The van der Waals surface area contributed by atoms with E-state index in [-0.39, 0.29) is 37.5 Å². The van der Waals surface area contributed by atoms with Gasteiger partial charge in [-0.15, -0.1) is 0 Å². The Bertz CT molecular complexity index is 1440. The predicted octanol–water partition coefficient (Wildman–Crippen LogP) is 19.5. The summed E-state index contributed by atoms with van der Waals surface area (Å²) in [7, 11) is 0. The minimum absolute atomic E-state index is 0.112. The molecule has 0 heterocycles. The van der Waals surface area contributed by atoms with E-state index in [1.807, 2.05) is 6.08 Å². The molecule has 0 fully saturated rings. The van der Waals surface area contributed by atoms with Crippen LogP contribution in [0.2, 0.25) is 0 Å². The Morgan fingerprint density at radius 3 is 1.07 bits per heavy atom. The zero-order valence-electron chi connectivity index (χ0n) is 45.5. The number of ether oxygens (including phenoxy) is 3. The summed E-state index contributed by atoms with van der Waals surface area (Å²) in [4.78, 5) is 38.1. The van der Waals surface area contributed by atoms with Crippen LogP contribution in [0.3, 0.4) is 0 Å². The quantitative estimate of drug-likeness (QED) is 0.0199. The molecule has 0 spiro atoms. The van der Waals surface area contributed by atoms with Gasteiger partial charge in [0.25, 0.3) is 0 Å². The Labute approximate surface area is 431 Å². The van der Waals surface area contributed by atoms with Crippen LogP contribution in [0, 0.1) is 0 Å². The molecule has 0 rings (SSSR count). The first-order valence-electron chi connectivity index (χ1n) is 28.9. The molecule has 398 valence electrons. The number of unbranched alkanes of at least 4 members (excludes halogenated alkanes) is 23. The standard InChI is InChI=1S/C64H106O6/c1-4-7-10-13-16-19-22-25-28-30-32-34-36-39-42-45-48-51-54-57-63(66)69-60-61(59-68-62(65)56-53-50-47-44-41-38-35-27-24-21-18-15-12-9-6-3)70-64(67)58-55-52-49-46-43-40-37-33-31-29-26-23-20-17-14-11-8-5-2/h7,10,16,18-19,21,24-25,27-28,32-34,37,39,42,48,51,61H,4-6,8-9,11-15,17,20,22-23,26,29-31,35-36,38,40-41,43-47,49-50,52-60H2,1-3H3/b10-7-,19-16-,21-18-,27-24-,28-25-,34-32-,37-33-,42-39-,51-48-. The highest BCUT2D eigenvalue weighted by Crippen LogP contribution is 2.14. The van der Waals surface area contributed by atoms with Crippen molar-refractivity contribution in [1.82, 2.24) is 0 Å². The van der Waals surface area contributed by atoms with E-state index in [4.69, 9.17) is 14.2 Å². The minimum Gasteiger partial charge on any atom is -0.462 e. The van der Waals surface area contributed by atoms with E-state index >= 15 is 0 Å². The summed E-state index contributed by atoms with van der Waals surface area (Å²) in [5.41, 5.74) is 0. The van der Waals surface area contributed by atoms with Crippen LogP contribution in [0.25, 0.3) is 0 Å². The molecule has 0 aromatic rings. The largest absolute Gasteiger partial charge is 0.462 e. The highest BCUT2D eigenvalue weighted by atomic mass is 16.6. The maximum atomic E-state index is 12.9. The van der Waals surface area contributed by atoms with E-state index in [2.05, 4.69) is 124 Å². The van der Waals surface area contributed by atoms with Gasteiger partial charge in [-0.05, 0) is 109 Å². The lowest BCUT2D eigenvalue weighted by atomic mass is 10.1. The molecule has 0 aliphatic heterocycles. The van der Waals surface area contributed by atoms with Gasteiger partial charge < -0.3 is 14.2 Å². The monoisotopic (exact) mass is 971 g/mol. The molecule has 0 aliphatic rings. The highest BCUT2D eigenvalue weighted by Gasteiger charge is 2.19. The van der Waals surface area contributed by atoms with Gasteiger partial charge >= 0.3 is 17.9 Å². The Kier molecular flexibility index (Phi) is 54.4. The lowest BCUT2D eigenvalue weighted by Gasteiger charge is -2.18. The minimum atomic E-state index is -0.820. The van der Waals surface area contributed by atoms with Crippen LogP contribution < -0.4 is 0 Å². The number of esters is 3. The zero-order valence-corrected chi connectivity index (χ0v) is 45.5. The molecule has 0 aliphatic carbocycles. The Hall–Kier alpha value is -3.93. The van der Waals surface area contributed by atoms with Gasteiger partial charge in [0.15, 0.2) is 6.10 Å². The smallest absolute Gasteiger partial charge is 0.306 e. The maximum absolute atomic E-state index is 12.9. The van der Waals surface area contributed by atoms with Crippen molar-refractivity contribution < 1.29 is 28.6 Å². The first-order valence-corrected chi connectivity index (χ1v) is 28.9. The second kappa shape index (κ2) is 57.6. The first kappa shape index (κ1) is 66.1. The SMILES string of the molecule is CC/C=C\C/C=C\C/C=C\C/C=C\C/C=C\C/C=C\CCC(=O)OCC(COC(=O)CCCCCCCC/C=C\C=C/CCCCC)OC(=O)CCCCCCC/C=C\CCCCCCCCCCC. The van der Waals surface area contributed by atoms with E-state index in [1.165, 1.54) is 109 Å². The molecule has 0 aromatic carbocycles. The first-order chi connectivity index (χ1) is 34.5. The molecule has 6 heteroatoms. The summed E-state index contributed by atoms with van der Waals surface area (Å²) >= 11 is 0. The fraction of sp³-hybridized carbons (Fsp3) is 0.672. The summed E-state index contributed by atoms with van der Waals surface area (Å²) in [6.07, 6.45) is 78.0. The lowest BCUT2D eigenvalue weighted by molar-refractivity contribution is -0.166. The van der Waals surface area contributed by atoms with Gasteiger partial charge in [-0.25, -0.2) is 0 Å². The van der Waals surface area contributed by atoms with E-state index in [1.54, 1.807) is 0 Å². The van der Waals surface area contributed by atoms with Crippen LogP contribution in [0.4, 0.5) is 0 Å². The van der Waals surface area contributed by atoms with E-state index in [0.29, 0.717) is 19.3 Å². The van der Waals surface area contributed by atoms with Crippen molar-refractivity contribution in [1.29, 1.82) is 0 Å². The van der Waals surface area contributed by atoms with E-state index in [0.717, 1.165) is 103 Å². The summed E-state index contributed by atoms with van der Waals surface area (Å²) in [6, 6.07) is 0. The molecule has 70 heavy (non-hydrogen) atoms. The third-order valence-electron chi connectivity index (χ3n) is 12.0. The van der Waals surface area contributed by atoms with Crippen molar-refractivity contribution in [2.75, 3.05) is 13.2 Å². The summed E-state index contributed by atoms with van der Waals surface area (Å²) < 4.78 is 16.8. The molecule has 0 saturated heterocycles. The number of rotatable bonds is 51. The van der Waals surface area contributed by atoms with Crippen LogP contribution in [-0.2, 0) is 28.6 Å². The zero-order chi connectivity index (χ0) is 50.7. The maximum Gasteiger partial charge on any atom is 0.306 e. The number of carbonyl (C=O) groups excluding carboxylic acids is 3. The van der Waals surface area contributed by atoms with Gasteiger partial charge in [0, 0.05) is 19.3 Å². The molecule has 0 bridgehead atoms. The molecule has 1 unspecified atom stereocenters. The topological polar surface area (TPSA) is 78.9 Å². The predicted molar refractivity (Wildman–Crippen MR) is 302 cm³/mol. The third-order valence-corrected chi connectivity index (χ3v) is 12.0. The Balaban J connectivity index is 4.53. The van der Waals surface area contributed by atoms with Crippen LogP contribution in [0.1, 0.15) is 258 Å². The van der Waals surface area contributed by atoms with Crippen LogP contribution in [0.5, 0.6) is 0 Å². The average Bonchev–Trinajstić information content (AvgIpc) is 3.36. The van der Waals surface area contributed by atoms with Gasteiger partial charge in [0.05, 0.1) is 0 Å². The fourth-order valence-corrected chi connectivity index (χ4v) is 7.69. The van der Waals surface area contributed by atoms with E-state index in [9.17, 15) is 14.4 Å². The van der Waals surface area contributed by atoms with Gasteiger partial charge in [0.1, 0.15) is 13.2 Å². The summed E-state index contributed by atoms with van der Waals surface area (Å²) in [5, 5.41) is 0. The summed E-state index contributed by atoms with van der Waals surface area (Å²) in [5.74, 6) is -1.02. The second-order valence-corrected chi connectivity index (χ2v) is 18.8. The van der Waals surface area contributed by atoms with Crippen molar-refractivity contribution in [2.24, 2.45) is 0 Å². The summed E-state index contributed by atoms with van der Waals surface area (Å²) in [6.45, 7) is 6.42. The van der Waals surface area contributed by atoms with Crippen LogP contribution >= 0.6 is 0 Å². The molecule has 0 amide bonds. The van der Waals surface area contributed by atoms with Crippen molar-refractivity contribution in [3.05, 3.63) is 109 Å². The molecular formula is C64H106O6. The number of hydrogen-bond acceptors (Lipinski definition) is 6. The average molecular weight is 972 g/mol. The van der Waals surface area contributed by atoms with Gasteiger partial charge in [-0.1, -0.05) is 239 Å². The van der Waals surface area contributed by atoms with Gasteiger partial charge in [0.2, 0.25) is 0 Å². The number of hydrogen-bond donors (Lipinski definition) is 0. The van der Waals surface area contributed by atoms with Crippen molar-refractivity contribution in [3.63, 3.8) is 0 Å². The molecule has 6 nitrogen and oxygen atoms in total. The number of carbonyl (C=O) groups is 3.